The predicted octanol–water partition coefficient (Wildman–Crippen LogP) is 4.56. The molecule has 1 unspecified atom stereocenters. The molecule has 9 heteroatoms. The van der Waals surface area contributed by atoms with E-state index in [2.05, 4.69) is 4.90 Å². The SMILES string of the molecule is CCCN1C(=NC2CCCCC2)SCC1N(C(C)=O)c1cc([N+](=O)[O-])ccc1F. The van der Waals surface area contributed by atoms with E-state index in [0.29, 0.717) is 18.3 Å². The van der Waals surface area contributed by atoms with E-state index in [1.807, 2.05) is 6.92 Å². The Bertz CT molecular complexity index is 798. The minimum absolute atomic E-state index is 0.0580. The molecule has 1 saturated carbocycles. The molecule has 0 spiro atoms. The third kappa shape index (κ3) is 4.88. The average Bonchev–Trinajstić information content (AvgIpc) is 3.06. The van der Waals surface area contributed by atoms with Crippen LogP contribution in [0.15, 0.2) is 23.2 Å². The largest absolute Gasteiger partial charge is 0.330 e. The topological polar surface area (TPSA) is 79.0 Å². The molecule has 0 N–H and O–H groups in total. The fourth-order valence-electron chi connectivity index (χ4n) is 3.97. The van der Waals surface area contributed by atoms with Crippen molar-refractivity contribution in [1.82, 2.24) is 4.90 Å². The molecule has 2 fully saturated rings. The predicted molar refractivity (Wildman–Crippen MR) is 114 cm³/mol. The van der Waals surface area contributed by atoms with Crippen LogP contribution >= 0.6 is 11.8 Å². The first kappa shape index (κ1) is 21.5. The highest BCUT2D eigenvalue weighted by Gasteiger charge is 2.38. The van der Waals surface area contributed by atoms with Gasteiger partial charge in [0.2, 0.25) is 5.91 Å². The van der Waals surface area contributed by atoms with Crippen LogP contribution in [0.5, 0.6) is 0 Å². The summed E-state index contributed by atoms with van der Waals surface area (Å²) >= 11 is 1.57. The standard InChI is InChI=1S/C20H27FN4O3S/c1-3-11-23-19(13-29-20(23)22-15-7-5-4-6-8-15)24(14(2)26)18-12-16(25(27)28)9-10-17(18)21/h9-10,12,15,19H,3-8,11,13H2,1-2H3. The second kappa shape index (κ2) is 9.56. The number of halogens is 1. The van der Waals surface area contributed by atoms with E-state index < -0.39 is 16.9 Å². The van der Waals surface area contributed by atoms with Crippen molar-refractivity contribution < 1.29 is 14.1 Å². The van der Waals surface area contributed by atoms with Gasteiger partial charge in [0.15, 0.2) is 5.17 Å². The average molecular weight is 423 g/mol. The second-order valence-electron chi connectivity index (χ2n) is 7.47. The molecule has 1 amide bonds. The maximum absolute atomic E-state index is 14.6. The molecule has 1 heterocycles. The summed E-state index contributed by atoms with van der Waals surface area (Å²) in [6.07, 6.45) is 6.19. The number of non-ortho nitro benzene ring substituents is 1. The number of carbonyl (C=O) groups excluding carboxylic acids is 1. The van der Waals surface area contributed by atoms with Crippen molar-refractivity contribution in [3.8, 4) is 0 Å². The number of benzene rings is 1. The Labute approximate surface area is 174 Å². The van der Waals surface area contributed by atoms with Crippen molar-refractivity contribution in [3.63, 3.8) is 0 Å². The molecule has 1 atom stereocenters. The van der Waals surface area contributed by atoms with E-state index >= 15 is 0 Å². The highest BCUT2D eigenvalue weighted by molar-refractivity contribution is 8.14. The second-order valence-corrected chi connectivity index (χ2v) is 8.46. The lowest BCUT2D eigenvalue weighted by molar-refractivity contribution is -0.384. The van der Waals surface area contributed by atoms with E-state index in [1.165, 1.54) is 31.1 Å². The molecule has 1 aliphatic heterocycles. The fourth-order valence-corrected chi connectivity index (χ4v) is 5.20. The maximum atomic E-state index is 14.6. The maximum Gasteiger partial charge on any atom is 0.271 e. The molecule has 3 rings (SSSR count). The summed E-state index contributed by atoms with van der Waals surface area (Å²) in [5.74, 6) is -0.451. The van der Waals surface area contributed by atoms with E-state index in [-0.39, 0.29) is 17.3 Å². The number of nitrogens with zero attached hydrogens (tertiary/aromatic N) is 4. The number of hydrogen-bond donors (Lipinski definition) is 0. The number of thioether (sulfide) groups is 1. The first-order valence-electron chi connectivity index (χ1n) is 10.1. The zero-order valence-corrected chi connectivity index (χ0v) is 17.7. The Hall–Kier alpha value is -2.16. The van der Waals surface area contributed by atoms with Gasteiger partial charge in [-0.1, -0.05) is 37.9 Å². The van der Waals surface area contributed by atoms with E-state index in [9.17, 15) is 19.3 Å². The highest BCUT2D eigenvalue weighted by Crippen LogP contribution is 2.34. The van der Waals surface area contributed by atoms with Crippen molar-refractivity contribution in [3.05, 3.63) is 34.1 Å². The lowest BCUT2D eigenvalue weighted by Gasteiger charge is -2.35. The van der Waals surface area contributed by atoms with Gasteiger partial charge in [-0.25, -0.2) is 4.39 Å². The van der Waals surface area contributed by atoms with Crippen LogP contribution in [-0.2, 0) is 4.79 Å². The molecule has 29 heavy (non-hydrogen) atoms. The Morgan fingerprint density at radius 1 is 1.38 bits per heavy atom. The van der Waals surface area contributed by atoms with Crippen molar-refractivity contribution in [2.24, 2.45) is 4.99 Å². The van der Waals surface area contributed by atoms with Gasteiger partial charge < -0.3 is 4.90 Å². The number of aliphatic imine (C=N–C) groups is 1. The third-order valence-corrected chi connectivity index (χ3v) is 6.40. The zero-order chi connectivity index (χ0) is 21.0. The smallest absolute Gasteiger partial charge is 0.271 e. The molecule has 2 aliphatic rings. The molecule has 1 saturated heterocycles. The number of nitro benzene ring substituents is 1. The summed E-state index contributed by atoms with van der Waals surface area (Å²) in [6, 6.07) is 3.60. The van der Waals surface area contributed by atoms with Crippen LogP contribution in [-0.4, -0.2) is 45.4 Å². The van der Waals surface area contributed by atoms with Crippen LogP contribution in [0.2, 0.25) is 0 Å². The number of amidine groups is 1. The zero-order valence-electron chi connectivity index (χ0n) is 16.8. The van der Waals surface area contributed by atoms with Gasteiger partial charge in [-0.05, 0) is 25.3 Å². The van der Waals surface area contributed by atoms with Crippen LogP contribution in [0.1, 0.15) is 52.4 Å². The number of hydrogen-bond acceptors (Lipinski definition) is 5. The third-order valence-electron chi connectivity index (χ3n) is 5.34. The van der Waals surface area contributed by atoms with Gasteiger partial charge in [0.05, 0.1) is 16.7 Å². The molecule has 0 radical (unpaired) electrons. The van der Waals surface area contributed by atoms with Gasteiger partial charge in [0.25, 0.3) is 5.69 Å². The van der Waals surface area contributed by atoms with Gasteiger partial charge >= 0.3 is 0 Å². The summed E-state index contributed by atoms with van der Waals surface area (Å²) < 4.78 is 14.6. The number of carbonyl (C=O) groups is 1. The Morgan fingerprint density at radius 2 is 2.10 bits per heavy atom. The van der Waals surface area contributed by atoms with Gasteiger partial charge in [-0.15, -0.1) is 0 Å². The molecular formula is C20H27FN4O3S. The van der Waals surface area contributed by atoms with Crippen molar-refractivity contribution in [2.45, 2.75) is 64.6 Å². The first-order chi connectivity index (χ1) is 13.9. The van der Waals surface area contributed by atoms with Crippen molar-refractivity contribution >= 4 is 34.2 Å². The highest BCUT2D eigenvalue weighted by atomic mass is 32.2. The molecule has 1 aliphatic carbocycles. The number of amides is 1. The monoisotopic (exact) mass is 422 g/mol. The van der Waals surface area contributed by atoms with Crippen molar-refractivity contribution in [2.75, 3.05) is 17.2 Å². The first-order valence-corrected chi connectivity index (χ1v) is 11.1. The minimum atomic E-state index is -0.648. The van der Waals surface area contributed by atoms with Gasteiger partial charge in [0.1, 0.15) is 12.0 Å². The lowest BCUT2D eigenvalue weighted by Crippen LogP contribution is -2.50. The van der Waals surface area contributed by atoms with E-state index in [4.69, 9.17) is 4.99 Å². The van der Waals surface area contributed by atoms with Gasteiger partial charge in [-0.3, -0.25) is 24.8 Å². The van der Waals surface area contributed by atoms with Crippen molar-refractivity contribution in [1.29, 1.82) is 0 Å². The van der Waals surface area contributed by atoms with Crippen LogP contribution in [0.3, 0.4) is 0 Å². The summed E-state index contributed by atoms with van der Waals surface area (Å²) in [6.45, 7) is 4.09. The molecule has 1 aromatic rings. The van der Waals surface area contributed by atoms with Gasteiger partial charge in [-0.2, -0.15) is 0 Å². The summed E-state index contributed by atoms with van der Waals surface area (Å²) in [4.78, 5) is 31.5. The fraction of sp³-hybridized carbons (Fsp3) is 0.600. The number of nitro groups is 1. The van der Waals surface area contributed by atoms with Crippen LogP contribution in [0.4, 0.5) is 15.8 Å². The Kier molecular flexibility index (Phi) is 7.10. The minimum Gasteiger partial charge on any atom is -0.330 e. The Balaban J connectivity index is 1.94. The molecular weight excluding hydrogens is 395 g/mol. The summed E-state index contributed by atoms with van der Waals surface area (Å²) in [7, 11) is 0. The lowest BCUT2D eigenvalue weighted by atomic mass is 9.96. The molecule has 7 nitrogen and oxygen atoms in total. The van der Waals surface area contributed by atoms with E-state index in [0.717, 1.165) is 42.6 Å². The van der Waals surface area contributed by atoms with Crippen LogP contribution in [0.25, 0.3) is 0 Å². The number of anilines is 1. The molecule has 0 aromatic heterocycles. The summed E-state index contributed by atoms with van der Waals surface area (Å²) in [5, 5.41) is 12.1. The van der Waals surface area contributed by atoms with Crippen LogP contribution < -0.4 is 4.90 Å². The van der Waals surface area contributed by atoms with Crippen LogP contribution in [0, 0.1) is 15.9 Å². The summed E-state index contributed by atoms with van der Waals surface area (Å²) in [5.41, 5.74) is -0.297. The quantitative estimate of drug-likeness (QED) is 0.496. The molecule has 1 aromatic carbocycles. The number of rotatable bonds is 6. The van der Waals surface area contributed by atoms with E-state index in [1.54, 1.807) is 11.8 Å². The van der Waals surface area contributed by atoms with Gasteiger partial charge in [0, 0.05) is 31.4 Å². The molecule has 0 bridgehead atoms. The normalized spacial score (nSPS) is 21.6. The Morgan fingerprint density at radius 3 is 2.72 bits per heavy atom. The molecule has 158 valence electrons.